The van der Waals surface area contributed by atoms with Crippen LogP contribution in [-0.4, -0.2) is 66.6 Å². The third-order valence-electron chi connectivity index (χ3n) is 6.43. The molecule has 14 heteroatoms. The van der Waals surface area contributed by atoms with E-state index in [-0.39, 0.29) is 43.3 Å². The Kier molecular flexibility index (Phi) is 8.43. The number of H-pyrrole nitrogens is 1. The van der Waals surface area contributed by atoms with Crippen molar-refractivity contribution in [2.45, 2.75) is 24.4 Å². The number of benzene rings is 2. The van der Waals surface area contributed by atoms with Crippen LogP contribution < -0.4 is 5.32 Å². The Balaban J connectivity index is 0.00000336. The van der Waals surface area contributed by atoms with Crippen LogP contribution in [0.2, 0.25) is 0 Å². The zero-order chi connectivity index (χ0) is 26.2. The van der Waals surface area contributed by atoms with Crippen molar-refractivity contribution in [3.63, 3.8) is 0 Å². The molecule has 2 N–H and O–H groups in total. The smallest absolute Gasteiger partial charge is 0.260 e. The number of hydrogen-bond acceptors (Lipinski definition) is 6. The van der Waals surface area contributed by atoms with Gasteiger partial charge in [-0.1, -0.05) is 12.1 Å². The summed E-state index contributed by atoms with van der Waals surface area (Å²) in [4.78, 5) is 14.7. The van der Waals surface area contributed by atoms with Crippen molar-refractivity contribution < 1.29 is 31.1 Å². The maximum atomic E-state index is 14.8. The zero-order valence-corrected chi connectivity index (χ0v) is 21.7. The second-order valence-electron chi connectivity index (χ2n) is 8.84. The van der Waals surface area contributed by atoms with E-state index >= 15 is 0 Å². The average Bonchev–Trinajstić information content (AvgIpc) is 3.26. The van der Waals surface area contributed by atoms with Crippen LogP contribution in [0.3, 0.4) is 0 Å². The van der Waals surface area contributed by atoms with E-state index < -0.39 is 38.3 Å². The highest BCUT2D eigenvalue weighted by Gasteiger charge is 2.32. The molecule has 1 fully saturated rings. The second-order valence-corrected chi connectivity index (χ2v) is 10.8. The van der Waals surface area contributed by atoms with Gasteiger partial charge in [0.1, 0.15) is 17.5 Å². The minimum absolute atomic E-state index is 0. The molecule has 0 atom stereocenters. The first-order valence-corrected chi connectivity index (χ1v) is 13.1. The van der Waals surface area contributed by atoms with Crippen LogP contribution in [0.15, 0.2) is 41.3 Å². The van der Waals surface area contributed by atoms with E-state index in [1.807, 2.05) is 0 Å². The van der Waals surface area contributed by atoms with Gasteiger partial charge in [0.15, 0.2) is 5.82 Å². The summed E-state index contributed by atoms with van der Waals surface area (Å²) < 4.78 is 74.7. The molecule has 0 saturated carbocycles. The molecule has 1 amide bonds. The van der Waals surface area contributed by atoms with Crippen LogP contribution in [0.5, 0.6) is 0 Å². The molecule has 0 aliphatic carbocycles. The van der Waals surface area contributed by atoms with E-state index in [1.54, 1.807) is 6.07 Å². The Hall–Kier alpha value is -2.97. The van der Waals surface area contributed by atoms with E-state index in [0.717, 1.165) is 16.4 Å². The Labute approximate surface area is 223 Å². The lowest BCUT2D eigenvalue weighted by Crippen LogP contribution is -2.36. The molecule has 0 unspecified atom stereocenters. The van der Waals surface area contributed by atoms with E-state index in [9.17, 15) is 26.4 Å². The Bertz CT molecular complexity index is 1430. The first-order valence-electron chi connectivity index (χ1n) is 11.6. The molecular weight excluding hydrogens is 547 g/mol. The quantitative estimate of drug-likeness (QED) is 0.471. The fraction of sp³-hybridized carbons (Fsp3) is 0.333. The van der Waals surface area contributed by atoms with Crippen molar-refractivity contribution in [1.82, 2.24) is 19.4 Å². The average molecular weight is 572 g/mol. The van der Waals surface area contributed by atoms with Gasteiger partial charge >= 0.3 is 0 Å². The van der Waals surface area contributed by atoms with Gasteiger partial charge in [0.2, 0.25) is 10.0 Å². The standard InChI is InChI=1S/C24H24F3N5O4S.ClH/c25-16-10-17(26)12-18(11-16)37(34,35)32-5-4-21-19(14-32)23(30-29-21)28-24(33)22-15(2-1-3-20(22)27)13-31-6-8-36-9-7-31;/h1-3,10-12H,4-9,13-14H2,(H2,28,29,30,33);1H. The number of aromatic amines is 1. The van der Waals surface area contributed by atoms with Crippen LogP contribution >= 0.6 is 12.4 Å². The molecule has 0 bridgehead atoms. The van der Waals surface area contributed by atoms with Gasteiger partial charge in [-0.2, -0.15) is 9.40 Å². The molecule has 3 heterocycles. The zero-order valence-electron chi connectivity index (χ0n) is 20.0. The normalized spacial score (nSPS) is 16.5. The molecule has 9 nitrogen and oxygen atoms in total. The molecule has 204 valence electrons. The van der Waals surface area contributed by atoms with Crippen molar-refractivity contribution in [1.29, 1.82) is 0 Å². The van der Waals surface area contributed by atoms with Crippen molar-refractivity contribution in [2.24, 2.45) is 0 Å². The largest absolute Gasteiger partial charge is 0.379 e. The van der Waals surface area contributed by atoms with E-state index in [1.165, 1.54) is 12.1 Å². The molecule has 1 aromatic heterocycles. The second kappa shape index (κ2) is 11.4. The fourth-order valence-corrected chi connectivity index (χ4v) is 5.98. The monoisotopic (exact) mass is 571 g/mol. The number of sulfonamides is 1. The third kappa shape index (κ3) is 5.71. The van der Waals surface area contributed by atoms with Crippen LogP contribution in [-0.2, 0) is 34.3 Å². The predicted octanol–water partition coefficient (Wildman–Crippen LogP) is 3.08. The molecule has 0 spiro atoms. The molecule has 2 aromatic carbocycles. The summed E-state index contributed by atoms with van der Waals surface area (Å²) in [7, 11) is -4.23. The summed E-state index contributed by atoms with van der Waals surface area (Å²) in [5.41, 5.74) is 1.38. The molecule has 5 rings (SSSR count). The van der Waals surface area contributed by atoms with Gasteiger partial charge < -0.3 is 10.1 Å². The number of anilines is 1. The van der Waals surface area contributed by atoms with Crippen LogP contribution in [0, 0.1) is 17.5 Å². The lowest BCUT2D eigenvalue weighted by atomic mass is 10.0. The minimum Gasteiger partial charge on any atom is -0.379 e. The number of rotatable bonds is 6. The minimum atomic E-state index is -4.23. The van der Waals surface area contributed by atoms with Crippen LogP contribution in [0.4, 0.5) is 19.0 Å². The lowest BCUT2D eigenvalue weighted by Gasteiger charge is -2.27. The summed E-state index contributed by atoms with van der Waals surface area (Å²) in [5.74, 6) is -3.37. The number of carbonyl (C=O) groups is 1. The predicted molar refractivity (Wildman–Crippen MR) is 134 cm³/mol. The SMILES string of the molecule is Cl.O=C(Nc1n[nH]c2c1CN(S(=O)(=O)c1cc(F)cc(F)c1)CC2)c1c(F)cccc1CN1CCOCC1. The van der Waals surface area contributed by atoms with Gasteiger partial charge in [0.05, 0.1) is 23.7 Å². The number of ether oxygens (including phenoxy) is 1. The van der Waals surface area contributed by atoms with Crippen molar-refractivity contribution in [3.8, 4) is 0 Å². The summed E-state index contributed by atoms with van der Waals surface area (Å²) in [6.07, 6.45) is 0.233. The summed E-state index contributed by atoms with van der Waals surface area (Å²) in [6.45, 7) is 2.63. The van der Waals surface area contributed by atoms with Crippen molar-refractivity contribution in [3.05, 3.63) is 76.2 Å². The molecule has 2 aliphatic heterocycles. The fourth-order valence-electron chi connectivity index (χ4n) is 4.53. The number of nitrogens with one attached hydrogen (secondary N) is 2. The topological polar surface area (TPSA) is 108 Å². The Morgan fingerprint density at radius 3 is 2.50 bits per heavy atom. The molecule has 1 saturated heterocycles. The van der Waals surface area contributed by atoms with Gasteiger partial charge in [-0.25, -0.2) is 21.6 Å². The number of halogens is 4. The number of nitrogens with zero attached hydrogens (tertiary/aromatic N) is 3. The first-order chi connectivity index (χ1) is 17.7. The maximum absolute atomic E-state index is 14.8. The van der Waals surface area contributed by atoms with Crippen LogP contribution in [0.1, 0.15) is 27.2 Å². The molecule has 2 aliphatic rings. The Morgan fingerprint density at radius 1 is 1.08 bits per heavy atom. The van der Waals surface area contributed by atoms with E-state index in [4.69, 9.17) is 4.74 Å². The van der Waals surface area contributed by atoms with Crippen molar-refractivity contribution >= 4 is 34.2 Å². The van der Waals surface area contributed by atoms with Crippen molar-refractivity contribution in [2.75, 3.05) is 38.2 Å². The lowest BCUT2D eigenvalue weighted by molar-refractivity contribution is 0.0340. The Morgan fingerprint density at radius 2 is 1.79 bits per heavy atom. The molecule has 38 heavy (non-hydrogen) atoms. The van der Waals surface area contributed by atoms with Gasteiger partial charge in [0.25, 0.3) is 5.91 Å². The highest BCUT2D eigenvalue weighted by Crippen LogP contribution is 2.29. The summed E-state index contributed by atoms with van der Waals surface area (Å²) >= 11 is 0. The van der Waals surface area contributed by atoms with Gasteiger partial charge in [-0.15, -0.1) is 12.4 Å². The molecule has 3 aromatic rings. The van der Waals surface area contributed by atoms with Gasteiger partial charge in [-0.3, -0.25) is 14.8 Å². The molecular formula is C24H25ClF3N5O4S. The van der Waals surface area contributed by atoms with Gasteiger partial charge in [0, 0.05) is 56.5 Å². The highest BCUT2D eigenvalue weighted by molar-refractivity contribution is 7.89. The summed E-state index contributed by atoms with van der Waals surface area (Å²) in [5, 5.41) is 9.50. The number of aromatic nitrogens is 2. The number of fused-ring (bicyclic) bond motifs is 1. The summed E-state index contributed by atoms with van der Waals surface area (Å²) in [6, 6.07) is 6.51. The molecule has 0 radical (unpaired) electrons. The highest BCUT2D eigenvalue weighted by atomic mass is 35.5. The van der Waals surface area contributed by atoms with Crippen LogP contribution in [0.25, 0.3) is 0 Å². The third-order valence-corrected chi connectivity index (χ3v) is 8.25. The number of carbonyl (C=O) groups excluding carboxylic acids is 1. The first kappa shape index (κ1) is 28.0. The number of hydrogen-bond donors (Lipinski definition) is 2. The number of morpholine rings is 1. The van der Waals surface area contributed by atoms with Gasteiger partial charge in [-0.05, 0) is 23.8 Å². The van der Waals surface area contributed by atoms with E-state index in [0.29, 0.717) is 55.7 Å². The van der Waals surface area contributed by atoms with E-state index in [2.05, 4.69) is 20.4 Å². The number of amides is 1. The maximum Gasteiger partial charge on any atom is 0.260 e.